The number of rotatable bonds is 3. The molecule has 96 valence electrons. The number of nitrogens with zero attached hydrogens (tertiary/aromatic N) is 2. The van der Waals surface area contributed by atoms with Crippen LogP contribution in [-0.4, -0.2) is 25.7 Å². The monoisotopic (exact) mass is 263 g/mol. The van der Waals surface area contributed by atoms with Crippen LogP contribution in [0.2, 0.25) is 5.02 Å². The first-order valence-corrected chi connectivity index (χ1v) is 6.81. The van der Waals surface area contributed by atoms with Crippen molar-refractivity contribution in [3.63, 3.8) is 0 Å². The second-order valence-electron chi connectivity index (χ2n) is 4.56. The Bertz CT molecular complexity index is 447. The van der Waals surface area contributed by atoms with Gasteiger partial charge in [0.2, 0.25) is 0 Å². The van der Waals surface area contributed by atoms with E-state index in [-0.39, 0.29) is 0 Å². The van der Waals surface area contributed by atoms with Crippen LogP contribution in [-0.2, 0) is 0 Å². The fourth-order valence-corrected chi connectivity index (χ4v) is 2.82. The molecule has 0 aromatic heterocycles. The van der Waals surface area contributed by atoms with Crippen LogP contribution in [0.25, 0.3) is 0 Å². The fourth-order valence-electron chi connectivity index (χ4n) is 2.53. The molecule has 1 aliphatic rings. The molecule has 1 aromatic carbocycles. The topological polar surface area (TPSA) is 39.1 Å². The molecule has 1 atom stereocenters. The van der Waals surface area contributed by atoms with Gasteiger partial charge in [-0.1, -0.05) is 11.6 Å². The van der Waals surface area contributed by atoms with E-state index in [1.165, 1.54) is 12.8 Å². The van der Waals surface area contributed by atoms with Crippen molar-refractivity contribution in [2.75, 3.05) is 24.5 Å². The van der Waals surface area contributed by atoms with Gasteiger partial charge in [-0.2, -0.15) is 5.26 Å². The van der Waals surface area contributed by atoms with Crippen LogP contribution in [0.15, 0.2) is 18.2 Å². The second kappa shape index (κ2) is 6.08. The summed E-state index contributed by atoms with van der Waals surface area (Å²) in [5.74, 6) is 0. The Hall–Kier alpha value is -1.24. The maximum absolute atomic E-state index is 8.87. The Balaban J connectivity index is 2.24. The highest BCUT2D eigenvalue weighted by atomic mass is 35.5. The zero-order chi connectivity index (χ0) is 13.0. The first-order valence-electron chi connectivity index (χ1n) is 6.43. The van der Waals surface area contributed by atoms with E-state index in [1.807, 2.05) is 12.1 Å². The van der Waals surface area contributed by atoms with E-state index >= 15 is 0 Å². The summed E-state index contributed by atoms with van der Waals surface area (Å²) >= 11 is 6.29. The molecule has 18 heavy (non-hydrogen) atoms. The summed E-state index contributed by atoms with van der Waals surface area (Å²) in [4.78, 5) is 2.33. The highest BCUT2D eigenvalue weighted by Crippen LogP contribution is 2.29. The lowest BCUT2D eigenvalue weighted by molar-refractivity contribution is 0.435. The van der Waals surface area contributed by atoms with Crippen LogP contribution in [0, 0.1) is 11.3 Å². The van der Waals surface area contributed by atoms with Gasteiger partial charge in [-0.25, -0.2) is 0 Å². The van der Waals surface area contributed by atoms with Crippen LogP contribution < -0.4 is 10.2 Å². The van der Waals surface area contributed by atoms with E-state index in [0.717, 1.165) is 25.3 Å². The maximum Gasteiger partial charge on any atom is 0.0992 e. The number of piperidine rings is 1. The van der Waals surface area contributed by atoms with Gasteiger partial charge in [0.25, 0.3) is 0 Å². The Kier molecular flexibility index (Phi) is 4.46. The molecule has 2 rings (SSSR count). The largest absolute Gasteiger partial charge is 0.366 e. The van der Waals surface area contributed by atoms with Crippen molar-refractivity contribution in [2.24, 2.45) is 0 Å². The quantitative estimate of drug-likeness (QED) is 0.912. The molecule has 0 spiro atoms. The van der Waals surface area contributed by atoms with Crippen molar-refractivity contribution >= 4 is 17.3 Å². The molecule has 1 N–H and O–H groups in total. The molecule has 1 heterocycles. The van der Waals surface area contributed by atoms with Gasteiger partial charge in [0.1, 0.15) is 0 Å². The minimum Gasteiger partial charge on any atom is -0.366 e. The van der Waals surface area contributed by atoms with E-state index in [4.69, 9.17) is 16.9 Å². The van der Waals surface area contributed by atoms with Gasteiger partial charge in [-0.15, -0.1) is 0 Å². The molecule has 1 fully saturated rings. The molecule has 0 bridgehead atoms. The van der Waals surface area contributed by atoms with E-state index < -0.39 is 0 Å². The summed E-state index contributed by atoms with van der Waals surface area (Å²) in [6.07, 6.45) is 2.40. The average molecular weight is 264 g/mol. The van der Waals surface area contributed by atoms with Crippen molar-refractivity contribution < 1.29 is 0 Å². The summed E-state index contributed by atoms with van der Waals surface area (Å²) in [6.45, 7) is 5.18. The predicted molar refractivity (Wildman–Crippen MR) is 75.1 cm³/mol. The van der Waals surface area contributed by atoms with Gasteiger partial charge >= 0.3 is 0 Å². The molecule has 4 heteroatoms. The molecule has 1 saturated heterocycles. The number of likely N-dealkylation sites (N-methyl/N-ethyl adjacent to an activating group) is 1. The van der Waals surface area contributed by atoms with Crippen molar-refractivity contribution in [2.45, 2.75) is 25.8 Å². The molecule has 0 amide bonds. The smallest absolute Gasteiger partial charge is 0.0992 e. The SMILES string of the molecule is CCN(c1ccc(C#N)cc1Cl)C1CCCNC1. The number of nitrogens with one attached hydrogen (secondary N) is 1. The van der Waals surface area contributed by atoms with Crippen molar-refractivity contribution in [1.82, 2.24) is 5.32 Å². The lowest BCUT2D eigenvalue weighted by Crippen LogP contribution is -2.46. The molecule has 1 aromatic rings. The molecule has 0 radical (unpaired) electrons. The van der Waals surface area contributed by atoms with Crippen LogP contribution >= 0.6 is 11.6 Å². The predicted octanol–water partition coefficient (Wildman–Crippen LogP) is 2.79. The highest BCUT2D eigenvalue weighted by Gasteiger charge is 2.21. The van der Waals surface area contributed by atoms with E-state index in [9.17, 15) is 0 Å². The third-order valence-electron chi connectivity index (χ3n) is 3.44. The van der Waals surface area contributed by atoms with E-state index in [1.54, 1.807) is 6.07 Å². The minimum absolute atomic E-state index is 0.495. The Labute approximate surface area is 113 Å². The Morgan fingerprint density at radius 2 is 2.39 bits per heavy atom. The average Bonchev–Trinajstić information content (AvgIpc) is 2.42. The number of hydrogen-bond donors (Lipinski definition) is 1. The van der Waals surface area contributed by atoms with Gasteiger partial charge < -0.3 is 10.2 Å². The van der Waals surface area contributed by atoms with Crippen molar-refractivity contribution in [3.8, 4) is 6.07 Å². The van der Waals surface area contributed by atoms with Crippen molar-refractivity contribution in [3.05, 3.63) is 28.8 Å². The van der Waals surface area contributed by atoms with Gasteiger partial charge in [0.15, 0.2) is 0 Å². The van der Waals surface area contributed by atoms with Gasteiger partial charge in [-0.05, 0) is 44.5 Å². The first kappa shape index (κ1) is 13.2. The standard InChI is InChI=1S/C14H18ClN3/c1-2-18(12-4-3-7-17-10-12)14-6-5-11(9-16)8-13(14)15/h5-6,8,12,17H,2-4,7,10H2,1H3. The molecule has 1 unspecified atom stereocenters. The second-order valence-corrected chi connectivity index (χ2v) is 4.97. The van der Waals surface area contributed by atoms with Gasteiger partial charge in [0.05, 0.1) is 22.3 Å². The highest BCUT2D eigenvalue weighted by molar-refractivity contribution is 6.33. The number of anilines is 1. The molecule has 0 aliphatic carbocycles. The van der Waals surface area contributed by atoms with E-state index in [2.05, 4.69) is 23.2 Å². The summed E-state index contributed by atoms with van der Waals surface area (Å²) in [5.41, 5.74) is 1.65. The maximum atomic E-state index is 8.87. The molecule has 3 nitrogen and oxygen atoms in total. The lowest BCUT2D eigenvalue weighted by Gasteiger charge is -2.36. The number of nitriles is 1. The minimum atomic E-state index is 0.495. The normalized spacial score (nSPS) is 19.3. The Morgan fingerprint density at radius 3 is 2.94 bits per heavy atom. The third kappa shape index (κ3) is 2.77. The summed E-state index contributed by atoms with van der Waals surface area (Å²) in [7, 11) is 0. The van der Waals surface area contributed by atoms with Gasteiger partial charge in [0, 0.05) is 19.1 Å². The molecular formula is C14H18ClN3. The van der Waals surface area contributed by atoms with Crippen LogP contribution in [0.1, 0.15) is 25.3 Å². The molecule has 1 aliphatic heterocycles. The summed E-state index contributed by atoms with van der Waals surface area (Å²) in [5, 5.41) is 13.0. The molecule has 0 saturated carbocycles. The zero-order valence-electron chi connectivity index (χ0n) is 10.6. The van der Waals surface area contributed by atoms with Gasteiger partial charge in [-0.3, -0.25) is 0 Å². The summed E-state index contributed by atoms with van der Waals surface area (Å²) < 4.78 is 0. The number of hydrogen-bond acceptors (Lipinski definition) is 3. The summed E-state index contributed by atoms with van der Waals surface area (Å²) in [6, 6.07) is 8.15. The number of halogens is 1. The zero-order valence-corrected chi connectivity index (χ0v) is 11.4. The Morgan fingerprint density at radius 1 is 1.56 bits per heavy atom. The van der Waals surface area contributed by atoms with Crippen LogP contribution in [0.4, 0.5) is 5.69 Å². The fraction of sp³-hybridized carbons (Fsp3) is 0.500. The first-order chi connectivity index (χ1) is 8.76. The van der Waals surface area contributed by atoms with Crippen molar-refractivity contribution in [1.29, 1.82) is 5.26 Å². The van der Waals surface area contributed by atoms with E-state index in [0.29, 0.717) is 16.6 Å². The number of benzene rings is 1. The van der Waals surface area contributed by atoms with Crippen LogP contribution in [0.3, 0.4) is 0 Å². The van der Waals surface area contributed by atoms with Crippen LogP contribution in [0.5, 0.6) is 0 Å². The molecular weight excluding hydrogens is 246 g/mol. The third-order valence-corrected chi connectivity index (χ3v) is 3.74. The lowest BCUT2D eigenvalue weighted by atomic mass is 10.0.